The van der Waals surface area contributed by atoms with Gasteiger partial charge in [0.15, 0.2) is 9.84 Å². The molecule has 0 aliphatic carbocycles. The molecule has 0 spiro atoms. The van der Waals surface area contributed by atoms with Gasteiger partial charge >= 0.3 is 5.97 Å². The van der Waals surface area contributed by atoms with Crippen LogP contribution in [-0.2, 0) is 19.4 Å². The van der Waals surface area contributed by atoms with Crippen LogP contribution >= 0.6 is 0 Å². The number of carbonyl (C=O) groups is 1. The maximum atomic E-state index is 12.1. The summed E-state index contributed by atoms with van der Waals surface area (Å²) in [5, 5.41) is 0. The number of rotatable bonds is 4. The largest absolute Gasteiger partial charge is 0.469 e. The van der Waals surface area contributed by atoms with Crippen LogP contribution in [0.1, 0.15) is 13.3 Å². The van der Waals surface area contributed by atoms with Crippen molar-refractivity contribution in [2.75, 3.05) is 30.9 Å². The van der Waals surface area contributed by atoms with Gasteiger partial charge in [-0.3, -0.25) is 4.79 Å². The van der Waals surface area contributed by atoms with E-state index < -0.39 is 9.84 Å². The van der Waals surface area contributed by atoms with E-state index in [1.807, 2.05) is 11.0 Å². The Labute approximate surface area is 119 Å². The lowest BCUT2D eigenvalue weighted by molar-refractivity contribution is -0.144. The number of methoxy groups -OCH3 is 1. The second kappa shape index (κ2) is 5.83. The third-order valence-corrected chi connectivity index (χ3v) is 5.42. The summed E-state index contributed by atoms with van der Waals surface area (Å²) >= 11 is 0. The molecule has 1 saturated heterocycles. The molecule has 110 valence electrons. The Balaban J connectivity index is 2.29. The van der Waals surface area contributed by atoms with Gasteiger partial charge < -0.3 is 9.64 Å². The Bertz CT molecular complexity index is 597. The van der Waals surface area contributed by atoms with Crippen LogP contribution in [0.25, 0.3) is 0 Å². The highest BCUT2D eigenvalue weighted by Gasteiger charge is 2.31. The zero-order chi connectivity index (χ0) is 14.8. The van der Waals surface area contributed by atoms with Gasteiger partial charge in [0.1, 0.15) is 0 Å². The lowest BCUT2D eigenvalue weighted by atomic mass is 10.1. The van der Waals surface area contributed by atoms with Crippen LogP contribution in [0.3, 0.4) is 0 Å². The number of hydrogen-bond acceptors (Lipinski definition) is 5. The highest BCUT2D eigenvalue weighted by molar-refractivity contribution is 7.91. The molecule has 1 aliphatic rings. The van der Waals surface area contributed by atoms with E-state index >= 15 is 0 Å². The fourth-order valence-corrected chi connectivity index (χ4v) is 3.59. The number of para-hydroxylation sites is 1. The van der Waals surface area contributed by atoms with Crippen LogP contribution in [0.5, 0.6) is 0 Å². The third kappa shape index (κ3) is 2.80. The first-order valence-electron chi connectivity index (χ1n) is 6.64. The summed E-state index contributed by atoms with van der Waals surface area (Å²) in [6, 6.07) is 6.96. The van der Waals surface area contributed by atoms with E-state index in [0.717, 1.165) is 0 Å². The van der Waals surface area contributed by atoms with Gasteiger partial charge in [0, 0.05) is 13.1 Å². The molecule has 1 unspecified atom stereocenters. The molecule has 20 heavy (non-hydrogen) atoms. The lowest BCUT2D eigenvalue weighted by Gasteiger charge is -2.21. The number of carbonyl (C=O) groups excluding carboxylic acids is 1. The van der Waals surface area contributed by atoms with Crippen molar-refractivity contribution < 1.29 is 17.9 Å². The van der Waals surface area contributed by atoms with E-state index in [2.05, 4.69) is 0 Å². The molecule has 0 N–H and O–H groups in total. The van der Waals surface area contributed by atoms with Gasteiger partial charge in [0.25, 0.3) is 0 Å². The molecule has 1 heterocycles. The molecular formula is C14H19NO4S. The summed E-state index contributed by atoms with van der Waals surface area (Å²) in [7, 11) is -1.89. The first kappa shape index (κ1) is 14.8. The Hall–Kier alpha value is -1.56. The topological polar surface area (TPSA) is 63.7 Å². The molecule has 0 radical (unpaired) electrons. The van der Waals surface area contributed by atoms with Crippen LogP contribution in [0, 0.1) is 5.92 Å². The molecule has 1 atom stereocenters. The summed E-state index contributed by atoms with van der Waals surface area (Å²) in [5.74, 6) is -0.348. The van der Waals surface area contributed by atoms with E-state index in [-0.39, 0.29) is 17.6 Å². The van der Waals surface area contributed by atoms with E-state index in [4.69, 9.17) is 4.74 Å². The molecule has 1 fully saturated rings. The molecule has 6 heteroatoms. The van der Waals surface area contributed by atoms with Gasteiger partial charge in [0.05, 0.1) is 29.4 Å². The number of ether oxygens (including phenoxy) is 1. The Morgan fingerprint density at radius 1 is 1.40 bits per heavy atom. The zero-order valence-electron chi connectivity index (χ0n) is 11.7. The minimum atomic E-state index is -3.27. The van der Waals surface area contributed by atoms with E-state index in [9.17, 15) is 13.2 Å². The lowest BCUT2D eigenvalue weighted by Crippen LogP contribution is -2.25. The molecule has 0 amide bonds. The Morgan fingerprint density at radius 2 is 2.10 bits per heavy atom. The molecule has 0 saturated carbocycles. The standard InChI is InChI=1S/C14H19NO4S/c1-3-20(17,18)13-7-5-4-6-12(13)15-9-8-11(10-15)14(16)19-2/h4-7,11H,3,8-10H2,1-2H3. The summed E-state index contributed by atoms with van der Waals surface area (Å²) in [6.45, 7) is 2.80. The maximum Gasteiger partial charge on any atom is 0.310 e. The van der Waals surface area contributed by atoms with Crippen LogP contribution in [0.2, 0.25) is 0 Å². The van der Waals surface area contributed by atoms with Crippen molar-refractivity contribution in [3.63, 3.8) is 0 Å². The average molecular weight is 297 g/mol. The summed E-state index contributed by atoms with van der Waals surface area (Å²) in [5.41, 5.74) is 0.681. The fraction of sp³-hybridized carbons (Fsp3) is 0.500. The molecular weight excluding hydrogens is 278 g/mol. The minimum Gasteiger partial charge on any atom is -0.469 e. The normalized spacial score (nSPS) is 19.1. The van der Waals surface area contributed by atoms with Gasteiger partial charge in [-0.05, 0) is 18.6 Å². The Kier molecular flexibility index (Phi) is 4.32. The van der Waals surface area contributed by atoms with Crippen molar-refractivity contribution >= 4 is 21.5 Å². The summed E-state index contributed by atoms with van der Waals surface area (Å²) < 4.78 is 29.0. The predicted octanol–water partition coefficient (Wildman–Crippen LogP) is 1.48. The van der Waals surface area contributed by atoms with E-state index in [0.29, 0.717) is 30.1 Å². The predicted molar refractivity (Wildman–Crippen MR) is 76.5 cm³/mol. The monoisotopic (exact) mass is 297 g/mol. The summed E-state index contributed by atoms with van der Waals surface area (Å²) in [4.78, 5) is 13.9. The van der Waals surface area contributed by atoms with Gasteiger partial charge in [-0.25, -0.2) is 8.42 Å². The Morgan fingerprint density at radius 3 is 2.75 bits per heavy atom. The number of benzene rings is 1. The maximum absolute atomic E-state index is 12.1. The fourth-order valence-electron chi connectivity index (χ4n) is 2.48. The molecule has 1 aromatic carbocycles. The van der Waals surface area contributed by atoms with Gasteiger partial charge in [-0.2, -0.15) is 0 Å². The number of hydrogen-bond donors (Lipinski definition) is 0. The number of nitrogens with zero attached hydrogens (tertiary/aromatic N) is 1. The van der Waals surface area contributed by atoms with Crippen molar-refractivity contribution in [2.45, 2.75) is 18.2 Å². The first-order chi connectivity index (χ1) is 9.49. The summed E-state index contributed by atoms with van der Waals surface area (Å²) in [6.07, 6.45) is 0.688. The second-order valence-corrected chi connectivity index (χ2v) is 7.07. The molecule has 1 aromatic rings. The van der Waals surface area contributed by atoms with Crippen molar-refractivity contribution in [1.82, 2.24) is 0 Å². The van der Waals surface area contributed by atoms with Gasteiger partial charge in [0.2, 0.25) is 0 Å². The van der Waals surface area contributed by atoms with Crippen molar-refractivity contribution in [3.8, 4) is 0 Å². The number of esters is 1. The quantitative estimate of drug-likeness (QED) is 0.788. The van der Waals surface area contributed by atoms with Gasteiger partial charge in [-0.15, -0.1) is 0 Å². The number of anilines is 1. The van der Waals surface area contributed by atoms with Crippen molar-refractivity contribution in [1.29, 1.82) is 0 Å². The van der Waals surface area contributed by atoms with Gasteiger partial charge in [-0.1, -0.05) is 19.1 Å². The molecule has 0 bridgehead atoms. The SMILES string of the molecule is CCS(=O)(=O)c1ccccc1N1CCC(C(=O)OC)C1. The average Bonchev–Trinajstić information content (AvgIpc) is 2.96. The first-order valence-corrected chi connectivity index (χ1v) is 8.29. The van der Waals surface area contributed by atoms with Crippen molar-refractivity contribution in [2.24, 2.45) is 5.92 Å². The number of sulfone groups is 1. The van der Waals surface area contributed by atoms with Crippen LogP contribution in [-0.4, -0.2) is 40.3 Å². The van der Waals surface area contributed by atoms with E-state index in [1.165, 1.54) is 7.11 Å². The molecule has 5 nitrogen and oxygen atoms in total. The van der Waals surface area contributed by atoms with Crippen LogP contribution < -0.4 is 4.90 Å². The van der Waals surface area contributed by atoms with E-state index in [1.54, 1.807) is 25.1 Å². The van der Waals surface area contributed by atoms with Crippen molar-refractivity contribution in [3.05, 3.63) is 24.3 Å². The highest BCUT2D eigenvalue weighted by atomic mass is 32.2. The molecule has 2 rings (SSSR count). The molecule has 0 aromatic heterocycles. The highest BCUT2D eigenvalue weighted by Crippen LogP contribution is 2.30. The smallest absolute Gasteiger partial charge is 0.310 e. The zero-order valence-corrected chi connectivity index (χ0v) is 12.5. The van der Waals surface area contributed by atoms with Crippen LogP contribution in [0.15, 0.2) is 29.2 Å². The molecule has 1 aliphatic heterocycles. The minimum absolute atomic E-state index is 0.0677. The third-order valence-electron chi connectivity index (χ3n) is 3.64. The van der Waals surface area contributed by atoms with Crippen LogP contribution in [0.4, 0.5) is 5.69 Å². The second-order valence-electron chi connectivity index (χ2n) is 4.83.